The van der Waals surface area contributed by atoms with E-state index in [1.807, 2.05) is 19.0 Å². The molecule has 0 aliphatic carbocycles. The maximum absolute atomic E-state index is 12.1. The van der Waals surface area contributed by atoms with E-state index >= 15 is 0 Å². The third-order valence-corrected chi connectivity index (χ3v) is 4.71. The maximum atomic E-state index is 12.1. The number of anilines is 1. The molecule has 0 heterocycles. The molecule has 0 aliphatic heterocycles. The van der Waals surface area contributed by atoms with Crippen molar-refractivity contribution in [2.75, 3.05) is 40.0 Å². The fraction of sp³-hybridized carbons (Fsp3) is 0.538. The van der Waals surface area contributed by atoms with Gasteiger partial charge in [-0.05, 0) is 44.8 Å². The van der Waals surface area contributed by atoms with Gasteiger partial charge >= 0.3 is 0 Å². The zero-order valence-corrected chi connectivity index (χ0v) is 12.7. The highest BCUT2D eigenvalue weighted by atomic mass is 32.2. The van der Waals surface area contributed by atoms with E-state index < -0.39 is 10.0 Å². The maximum Gasteiger partial charge on any atom is 0.218 e. The van der Waals surface area contributed by atoms with Crippen LogP contribution in [0.2, 0.25) is 0 Å². The molecule has 0 unspecified atom stereocenters. The minimum Gasteiger partial charge on any atom is -0.399 e. The van der Waals surface area contributed by atoms with Gasteiger partial charge in [-0.3, -0.25) is 0 Å². The highest BCUT2D eigenvalue weighted by Gasteiger charge is 2.17. The number of hydrogen-bond acceptors (Lipinski definition) is 4. The van der Waals surface area contributed by atoms with Gasteiger partial charge in [0.25, 0.3) is 0 Å². The van der Waals surface area contributed by atoms with Crippen LogP contribution in [-0.4, -0.2) is 51.9 Å². The molecule has 0 aliphatic rings. The Labute approximate surface area is 116 Å². The second-order valence-electron chi connectivity index (χ2n) is 4.98. The van der Waals surface area contributed by atoms with E-state index in [1.54, 1.807) is 31.3 Å². The average molecular weight is 285 g/mol. The second kappa shape index (κ2) is 6.88. The average Bonchev–Trinajstić information content (AvgIpc) is 2.31. The lowest BCUT2D eigenvalue weighted by Gasteiger charge is -2.18. The molecule has 1 rings (SSSR count). The van der Waals surface area contributed by atoms with Crippen LogP contribution in [0.1, 0.15) is 12.0 Å². The molecule has 0 radical (unpaired) electrons. The Hall–Kier alpha value is -1.11. The molecule has 1 aromatic carbocycles. The van der Waals surface area contributed by atoms with Crippen molar-refractivity contribution in [1.82, 2.24) is 9.21 Å². The van der Waals surface area contributed by atoms with Gasteiger partial charge in [-0.15, -0.1) is 0 Å². The van der Waals surface area contributed by atoms with E-state index in [0.717, 1.165) is 18.5 Å². The Morgan fingerprint density at radius 2 is 1.63 bits per heavy atom. The molecule has 19 heavy (non-hydrogen) atoms. The van der Waals surface area contributed by atoms with E-state index in [4.69, 9.17) is 5.73 Å². The van der Waals surface area contributed by atoms with Crippen LogP contribution in [0.25, 0.3) is 0 Å². The number of rotatable bonds is 7. The van der Waals surface area contributed by atoms with Gasteiger partial charge in [-0.25, -0.2) is 12.7 Å². The Morgan fingerprint density at radius 1 is 1.05 bits per heavy atom. The van der Waals surface area contributed by atoms with Crippen molar-refractivity contribution in [2.45, 2.75) is 12.2 Å². The van der Waals surface area contributed by atoms with Crippen LogP contribution < -0.4 is 5.73 Å². The summed E-state index contributed by atoms with van der Waals surface area (Å²) in [5, 5.41) is 0. The van der Waals surface area contributed by atoms with Crippen LogP contribution in [-0.2, 0) is 15.8 Å². The monoisotopic (exact) mass is 285 g/mol. The highest BCUT2D eigenvalue weighted by Crippen LogP contribution is 2.12. The summed E-state index contributed by atoms with van der Waals surface area (Å²) in [4.78, 5) is 2.04. The molecular formula is C13H23N3O2S. The molecule has 0 atom stereocenters. The van der Waals surface area contributed by atoms with Crippen molar-refractivity contribution in [3.05, 3.63) is 29.8 Å². The van der Waals surface area contributed by atoms with E-state index in [2.05, 4.69) is 0 Å². The molecule has 6 heteroatoms. The lowest BCUT2D eigenvalue weighted by atomic mass is 10.2. The van der Waals surface area contributed by atoms with Crippen molar-refractivity contribution in [2.24, 2.45) is 0 Å². The summed E-state index contributed by atoms with van der Waals surface area (Å²) >= 11 is 0. The molecule has 0 bridgehead atoms. The summed E-state index contributed by atoms with van der Waals surface area (Å²) in [5.74, 6) is 0.0196. The first-order valence-corrected chi connectivity index (χ1v) is 7.85. The van der Waals surface area contributed by atoms with Crippen molar-refractivity contribution in [3.8, 4) is 0 Å². The Kier molecular flexibility index (Phi) is 5.78. The number of nitrogens with two attached hydrogens (primary N) is 1. The lowest BCUT2D eigenvalue weighted by molar-refractivity contribution is 0.370. The van der Waals surface area contributed by atoms with E-state index in [1.165, 1.54) is 4.31 Å². The topological polar surface area (TPSA) is 66.6 Å². The third kappa shape index (κ3) is 5.59. The van der Waals surface area contributed by atoms with Gasteiger partial charge in [0.05, 0.1) is 5.75 Å². The standard InChI is InChI=1S/C13H23N3O2S/c1-15(2)9-4-10-16(3)19(17,18)11-12-5-7-13(14)8-6-12/h5-8H,4,9-11,14H2,1-3H3. The second-order valence-corrected chi connectivity index (χ2v) is 7.05. The Morgan fingerprint density at radius 3 is 2.16 bits per heavy atom. The minimum absolute atomic E-state index is 0.0196. The van der Waals surface area contributed by atoms with Crippen molar-refractivity contribution in [1.29, 1.82) is 0 Å². The first-order valence-electron chi connectivity index (χ1n) is 6.24. The number of nitrogen functional groups attached to an aromatic ring is 1. The first kappa shape index (κ1) is 15.9. The lowest BCUT2D eigenvalue weighted by Crippen LogP contribution is -2.30. The van der Waals surface area contributed by atoms with Gasteiger partial charge in [-0.1, -0.05) is 12.1 Å². The number of benzene rings is 1. The molecule has 1 aromatic rings. The summed E-state index contributed by atoms with van der Waals surface area (Å²) in [7, 11) is 2.33. The minimum atomic E-state index is -3.25. The van der Waals surface area contributed by atoms with Crippen molar-refractivity contribution >= 4 is 15.7 Å². The van der Waals surface area contributed by atoms with Crippen molar-refractivity contribution < 1.29 is 8.42 Å². The number of sulfonamides is 1. The summed E-state index contributed by atoms with van der Waals surface area (Å²) in [6, 6.07) is 6.94. The fourth-order valence-corrected chi connectivity index (χ4v) is 2.92. The van der Waals surface area contributed by atoms with Crippen LogP contribution in [0.5, 0.6) is 0 Å². The summed E-state index contributed by atoms with van der Waals surface area (Å²) in [6.07, 6.45) is 0.824. The molecule has 0 fully saturated rings. The number of hydrogen-bond donors (Lipinski definition) is 1. The smallest absolute Gasteiger partial charge is 0.218 e. The summed E-state index contributed by atoms with van der Waals surface area (Å²) in [6.45, 7) is 1.41. The molecule has 5 nitrogen and oxygen atoms in total. The van der Waals surface area contributed by atoms with Gasteiger partial charge in [0, 0.05) is 19.3 Å². The summed E-state index contributed by atoms with van der Waals surface area (Å²) < 4.78 is 25.7. The van der Waals surface area contributed by atoms with E-state index in [9.17, 15) is 8.42 Å². The van der Waals surface area contributed by atoms with Crippen LogP contribution in [0, 0.1) is 0 Å². The molecule has 0 amide bonds. The van der Waals surface area contributed by atoms with Gasteiger partial charge < -0.3 is 10.6 Å². The van der Waals surface area contributed by atoms with Crippen LogP contribution >= 0.6 is 0 Å². The molecule has 0 aromatic heterocycles. The highest BCUT2D eigenvalue weighted by molar-refractivity contribution is 7.88. The van der Waals surface area contributed by atoms with Crippen LogP contribution in [0.3, 0.4) is 0 Å². The van der Waals surface area contributed by atoms with Gasteiger partial charge in [0.15, 0.2) is 0 Å². The Balaban J connectivity index is 2.57. The van der Waals surface area contributed by atoms with Gasteiger partial charge in [0.2, 0.25) is 10.0 Å². The predicted molar refractivity (Wildman–Crippen MR) is 79.3 cm³/mol. The van der Waals surface area contributed by atoms with Gasteiger partial charge in [0.1, 0.15) is 0 Å². The largest absolute Gasteiger partial charge is 0.399 e. The fourth-order valence-electron chi connectivity index (χ4n) is 1.68. The normalized spacial score (nSPS) is 12.3. The van der Waals surface area contributed by atoms with Gasteiger partial charge in [-0.2, -0.15) is 0 Å². The van der Waals surface area contributed by atoms with Crippen LogP contribution in [0.4, 0.5) is 5.69 Å². The molecule has 0 saturated heterocycles. The van der Waals surface area contributed by atoms with E-state index in [-0.39, 0.29) is 5.75 Å². The number of nitrogens with zero attached hydrogens (tertiary/aromatic N) is 2. The zero-order chi connectivity index (χ0) is 14.5. The quantitative estimate of drug-likeness (QED) is 0.759. The van der Waals surface area contributed by atoms with Crippen LogP contribution in [0.15, 0.2) is 24.3 Å². The summed E-state index contributed by atoms with van der Waals surface area (Å²) in [5.41, 5.74) is 6.98. The predicted octanol–water partition coefficient (Wildman–Crippen LogP) is 0.982. The third-order valence-electron chi connectivity index (χ3n) is 2.88. The molecule has 0 spiro atoms. The Bertz CT molecular complexity index is 483. The SMILES string of the molecule is CN(C)CCCN(C)S(=O)(=O)Cc1ccc(N)cc1. The molecular weight excluding hydrogens is 262 g/mol. The van der Waals surface area contributed by atoms with E-state index in [0.29, 0.717) is 12.2 Å². The van der Waals surface area contributed by atoms with Crippen molar-refractivity contribution in [3.63, 3.8) is 0 Å². The molecule has 0 saturated carbocycles. The zero-order valence-electron chi connectivity index (χ0n) is 11.8. The molecule has 108 valence electrons. The first-order chi connectivity index (χ1) is 8.81. The molecule has 2 N–H and O–H groups in total.